The maximum atomic E-state index is 11.3. The molecule has 2 rings (SSSR count). The highest BCUT2D eigenvalue weighted by Crippen LogP contribution is 2.23. The van der Waals surface area contributed by atoms with Crippen molar-refractivity contribution in [2.75, 3.05) is 32.4 Å². The molecule has 0 aromatic heterocycles. The molecule has 92 valence electrons. The molecule has 0 aromatic rings. The van der Waals surface area contributed by atoms with Crippen LogP contribution in [0, 0.1) is 0 Å². The van der Waals surface area contributed by atoms with E-state index in [1.54, 1.807) is 0 Å². The van der Waals surface area contributed by atoms with Crippen molar-refractivity contribution in [2.45, 2.75) is 18.9 Å². The van der Waals surface area contributed by atoms with E-state index >= 15 is 0 Å². The Morgan fingerprint density at radius 1 is 1.25 bits per heavy atom. The summed E-state index contributed by atoms with van der Waals surface area (Å²) in [6.07, 6.45) is 3.50. The molecule has 2 fully saturated rings. The summed E-state index contributed by atoms with van der Waals surface area (Å²) < 4.78 is 24.1. The monoisotopic (exact) mass is 246 g/mol. The smallest absolute Gasteiger partial charge is 0.211 e. The van der Waals surface area contributed by atoms with Crippen LogP contribution < -0.4 is 5.73 Å². The average Bonchev–Trinajstić information content (AvgIpc) is 3.00. The molecule has 16 heavy (non-hydrogen) atoms. The molecule has 2 aliphatic rings. The van der Waals surface area contributed by atoms with Gasteiger partial charge in [0.2, 0.25) is 10.0 Å². The first-order valence-corrected chi connectivity index (χ1v) is 7.35. The number of nitrogens with two attached hydrogens (primary N) is 1. The van der Waals surface area contributed by atoms with Crippen molar-refractivity contribution in [3.63, 3.8) is 0 Å². The Kier molecular flexibility index (Phi) is 3.07. The molecule has 1 aliphatic carbocycles. The average molecular weight is 246 g/mol. The van der Waals surface area contributed by atoms with Crippen molar-refractivity contribution in [2.24, 2.45) is 10.7 Å². The van der Waals surface area contributed by atoms with Crippen LogP contribution in [0.15, 0.2) is 4.99 Å². The standard InChI is InChI=1S/C9H18N4O2S/c1-16(14,15)13-6-4-12(5-7-13)9(10)11-8-2-3-8/h8H,2-7H2,1H3,(H2,10,11). The van der Waals surface area contributed by atoms with Crippen LogP contribution in [0.1, 0.15) is 12.8 Å². The lowest BCUT2D eigenvalue weighted by molar-refractivity contribution is 0.265. The fourth-order valence-corrected chi connectivity index (χ4v) is 2.55. The zero-order valence-electron chi connectivity index (χ0n) is 9.46. The summed E-state index contributed by atoms with van der Waals surface area (Å²) in [4.78, 5) is 6.31. The van der Waals surface area contributed by atoms with E-state index in [0.29, 0.717) is 38.2 Å². The summed E-state index contributed by atoms with van der Waals surface area (Å²) in [5.74, 6) is 0.565. The lowest BCUT2D eigenvalue weighted by atomic mass is 10.4. The molecule has 0 aromatic carbocycles. The Morgan fingerprint density at radius 3 is 2.25 bits per heavy atom. The van der Waals surface area contributed by atoms with Crippen molar-refractivity contribution in [3.05, 3.63) is 0 Å². The molecule has 1 heterocycles. The van der Waals surface area contributed by atoms with Gasteiger partial charge in [0, 0.05) is 26.2 Å². The van der Waals surface area contributed by atoms with Crippen molar-refractivity contribution < 1.29 is 8.42 Å². The van der Waals surface area contributed by atoms with Gasteiger partial charge in [-0.05, 0) is 12.8 Å². The summed E-state index contributed by atoms with van der Waals surface area (Å²) in [5, 5.41) is 0. The molecule has 0 unspecified atom stereocenters. The fourth-order valence-electron chi connectivity index (χ4n) is 1.72. The van der Waals surface area contributed by atoms with Gasteiger partial charge in [-0.1, -0.05) is 0 Å². The Hall–Kier alpha value is -0.820. The van der Waals surface area contributed by atoms with Gasteiger partial charge in [-0.25, -0.2) is 13.4 Å². The van der Waals surface area contributed by atoms with E-state index < -0.39 is 10.0 Å². The summed E-state index contributed by atoms with van der Waals surface area (Å²) in [7, 11) is -3.06. The maximum Gasteiger partial charge on any atom is 0.211 e. The minimum Gasteiger partial charge on any atom is -0.370 e. The Balaban J connectivity index is 1.89. The van der Waals surface area contributed by atoms with Gasteiger partial charge >= 0.3 is 0 Å². The summed E-state index contributed by atoms with van der Waals surface area (Å²) >= 11 is 0. The molecule has 0 radical (unpaired) electrons. The zero-order valence-corrected chi connectivity index (χ0v) is 10.3. The normalized spacial score (nSPS) is 24.8. The van der Waals surface area contributed by atoms with E-state index in [1.165, 1.54) is 10.6 Å². The van der Waals surface area contributed by atoms with E-state index in [-0.39, 0.29) is 0 Å². The second-order valence-electron chi connectivity index (χ2n) is 4.37. The van der Waals surface area contributed by atoms with Crippen molar-refractivity contribution in [1.29, 1.82) is 0 Å². The van der Waals surface area contributed by atoms with Crippen molar-refractivity contribution in [3.8, 4) is 0 Å². The van der Waals surface area contributed by atoms with E-state index in [2.05, 4.69) is 4.99 Å². The number of piperazine rings is 1. The fraction of sp³-hybridized carbons (Fsp3) is 0.889. The SMILES string of the molecule is CS(=O)(=O)N1CCN(C(N)=NC2CC2)CC1. The summed E-state index contributed by atoms with van der Waals surface area (Å²) in [6.45, 7) is 2.27. The van der Waals surface area contributed by atoms with Gasteiger partial charge in [-0.2, -0.15) is 4.31 Å². The maximum absolute atomic E-state index is 11.3. The summed E-state index contributed by atoms with van der Waals surface area (Å²) in [5.41, 5.74) is 5.85. The molecular weight excluding hydrogens is 228 g/mol. The second kappa shape index (κ2) is 4.21. The van der Waals surface area contributed by atoms with Crippen LogP contribution in [-0.4, -0.2) is 62.1 Å². The Labute approximate surface area is 96.2 Å². The van der Waals surface area contributed by atoms with Crippen molar-refractivity contribution >= 4 is 16.0 Å². The number of sulfonamides is 1. The first kappa shape index (κ1) is 11.7. The number of rotatable bonds is 2. The molecule has 0 bridgehead atoms. The molecule has 0 spiro atoms. The number of nitrogens with zero attached hydrogens (tertiary/aromatic N) is 3. The molecule has 1 saturated carbocycles. The molecule has 2 N–H and O–H groups in total. The van der Waals surface area contributed by atoms with Gasteiger partial charge < -0.3 is 10.6 Å². The third-order valence-electron chi connectivity index (χ3n) is 2.89. The molecule has 0 atom stereocenters. The van der Waals surface area contributed by atoms with Gasteiger partial charge in [-0.15, -0.1) is 0 Å². The largest absolute Gasteiger partial charge is 0.370 e. The van der Waals surface area contributed by atoms with Crippen LogP contribution in [0.4, 0.5) is 0 Å². The number of aliphatic imine (C=N–C) groups is 1. The van der Waals surface area contributed by atoms with Crippen molar-refractivity contribution in [1.82, 2.24) is 9.21 Å². The number of hydrogen-bond donors (Lipinski definition) is 1. The molecular formula is C9H18N4O2S. The summed E-state index contributed by atoms with van der Waals surface area (Å²) in [6, 6.07) is 0.410. The van der Waals surface area contributed by atoms with Crippen LogP contribution in [0.5, 0.6) is 0 Å². The van der Waals surface area contributed by atoms with E-state index in [0.717, 1.165) is 12.8 Å². The van der Waals surface area contributed by atoms with Crippen LogP contribution in [0.25, 0.3) is 0 Å². The van der Waals surface area contributed by atoms with Gasteiger partial charge in [0.15, 0.2) is 5.96 Å². The zero-order chi connectivity index (χ0) is 11.8. The Bertz CT molecular complexity index is 380. The third-order valence-corrected chi connectivity index (χ3v) is 4.20. The van der Waals surface area contributed by atoms with Gasteiger partial charge in [-0.3, -0.25) is 0 Å². The first-order valence-electron chi connectivity index (χ1n) is 5.50. The third kappa shape index (κ3) is 2.85. The van der Waals surface area contributed by atoms with Crippen LogP contribution in [0.2, 0.25) is 0 Å². The first-order chi connectivity index (χ1) is 7.47. The van der Waals surface area contributed by atoms with Crippen LogP contribution >= 0.6 is 0 Å². The minimum absolute atomic E-state index is 0.410. The molecule has 1 saturated heterocycles. The quantitative estimate of drug-likeness (QED) is 0.503. The molecule has 6 nitrogen and oxygen atoms in total. The lowest BCUT2D eigenvalue weighted by Gasteiger charge is -2.33. The second-order valence-corrected chi connectivity index (χ2v) is 6.35. The topological polar surface area (TPSA) is 79.0 Å². The predicted octanol–water partition coefficient (Wildman–Crippen LogP) is -0.959. The van der Waals surface area contributed by atoms with Crippen LogP contribution in [0.3, 0.4) is 0 Å². The molecule has 0 amide bonds. The van der Waals surface area contributed by atoms with E-state index in [1.807, 2.05) is 4.90 Å². The van der Waals surface area contributed by atoms with Gasteiger partial charge in [0.1, 0.15) is 0 Å². The number of guanidine groups is 1. The van der Waals surface area contributed by atoms with Crippen LogP contribution in [-0.2, 0) is 10.0 Å². The lowest BCUT2D eigenvalue weighted by Crippen LogP contribution is -2.52. The Morgan fingerprint density at radius 2 is 1.81 bits per heavy atom. The predicted molar refractivity (Wildman–Crippen MR) is 62.6 cm³/mol. The minimum atomic E-state index is -3.06. The highest BCUT2D eigenvalue weighted by molar-refractivity contribution is 7.88. The highest BCUT2D eigenvalue weighted by Gasteiger charge is 2.26. The molecule has 7 heteroatoms. The van der Waals surface area contributed by atoms with Gasteiger partial charge in [0.25, 0.3) is 0 Å². The molecule has 1 aliphatic heterocycles. The van der Waals surface area contributed by atoms with E-state index in [9.17, 15) is 8.42 Å². The van der Waals surface area contributed by atoms with E-state index in [4.69, 9.17) is 5.73 Å². The number of hydrogen-bond acceptors (Lipinski definition) is 3. The highest BCUT2D eigenvalue weighted by atomic mass is 32.2. The van der Waals surface area contributed by atoms with Gasteiger partial charge in [0.05, 0.1) is 12.3 Å².